The maximum atomic E-state index is 5.16. The molecule has 0 unspecified atom stereocenters. The normalized spacial score (nSPS) is 10.2. The zero-order chi connectivity index (χ0) is 7.68. The van der Waals surface area contributed by atoms with Gasteiger partial charge in [-0.2, -0.15) is 0 Å². The molecule has 1 heterocycles. The van der Waals surface area contributed by atoms with E-state index in [1.807, 2.05) is 18.2 Å². The molecule has 1 aromatic carbocycles. The van der Waals surface area contributed by atoms with E-state index in [0.717, 1.165) is 16.7 Å². The van der Waals surface area contributed by atoms with Crippen LogP contribution in [0.2, 0.25) is 0 Å². The topological polar surface area (TPSA) is 26.0 Å². The smallest absolute Gasteiger partial charge is 0.182 e. The first kappa shape index (κ1) is 6.16. The van der Waals surface area contributed by atoms with Crippen LogP contribution in [0.25, 0.3) is 17.2 Å². The monoisotopic (exact) mass is 145 g/mol. The Morgan fingerprint density at radius 2 is 2.36 bits per heavy atom. The average molecular weight is 145 g/mol. The van der Waals surface area contributed by atoms with Crippen LogP contribution >= 0.6 is 0 Å². The molecule has 2 rings (SSSR count). The van der Waals surface area contributed by atoms with E-state index in [0.29, 0.717) is 0 Å². The highest BCUT2D eigenvalue weighted by molar-refractivity contribution is 5.81. The number of hydrogen-bond donors (Lipinski definition) is 0. The summed E-state index contributed by atoms with van der Waals surface area (Å²) in [6.45, 7) is 3.67. The Morgan fingerprint density at radius 1 is 1.45 bits per heavy atom. The van der Waals surface area contributed by atoms with Crippen molar-refractivity contribution in [3.8, 4) is 0 Å². The second-order valence-corrected chi connectivity index (χ2v) is 2.25. The van der Waals surface area contributed by atoms with Crippen LogP contribution < -0.4 is 0 Å². The first-order chi connectivity index (χ1) is 5.42. The molecule has 11 heavy (non-hydrogen) atoms. The van der Waals surface area contributed by atoms with Crippen molar-refractivity contribution in [1.82, 2.24) is 4.98 Å². The van der Waals surface area contributed by atoms with Crippen molar-refractivity contribution in [3.05, 3.63) is 36.7 Å². The molecule has 0 aliphatic carbocycles. The fourth-order valence-corrected chi connectivity index (χ4v) is 1.07. The molecule has 0 spiro atoms. The van der Waals surface area contributed by atoms with Crippen molar-refractivity contribution in [2.45, 2.75) is 0 Å². The van der Waals surface area contributed by atoms with E-state index >= 15 is 0 Å². The lowest BCUT2D eigenvalue weighted by atomic mass is 10.2. The van der Waals surface area contributed by atoms with Gasteiger partial charge in [-0.15, -0.1) is 0 Å². The summed E-state index contributed by atoms with van der Waals surface area (Å²) in [6.07, 6.45) is 3.20. The Bertz CT molecular complexity index is 389. The van der Waals surface area contributed by atoms with Gasteiger partial charge in [0.1, 0.15) is 5.52 Å². The van der Waals surface area contributed by atoms with E-state index in [2.05, 4.69) is 11.6 Å². The number of nitrogens with zero attached hydrogens (tertiary/aromatic N) is 1. The maximum absolute atomic E-state index is 5.16. The van der Waals surface area contributed by atoms with Crippen LogP contribution in [0.15, 0.2) is 35.6 Å². The predicted molar refractivity (Wildman–Crippen MR) is 44.1 cm³/mol. The summed E-state index contributed by atoms with van der Waals surface area (Å²) in [5, 5.41) is 0. The molecule has 0 amide bonds. The summed E-state index contributed by atoms with van der Waals surface area (Å²) in [4.78, 5) is 4.01. The van der Waals surface area contributed by atoms with E-state index in [1.165, 1.54) is 6.39 Å². The minimum absolute atomic E-state index is 0.808. The van der Waals surface area contributed by atoms with Crippen molar-refractivity contribution in [3.63, 3.8) is 0 Å². The van der Waals surface area contributed by atoms with Crippen LogP contribution in [0.4, 0.5) is 0 Å². The molecule has 0 saturated heterocycles. The number of para-hydroxylation sites is 1. The molecular formula is C9H7NO. The van der Waals surface area contributed by atoms with Crippen molar-refractivity contribution in [2.75, 3.05) is 0 Å². The van der Waals surface area contributed by atoms with Crippen molar-refractivity contribution in [2.24, 2.45) is 0 Å². The van der Waals surface area contributed by atoms with E-state index < -0.39 is 0 Å². The number of benzene rings is 1. The number of fused-ring (bicyclic) bond motifs is 1. The van der Waals surface area contributed by atoms with Gasteiger partial charge in [0.2, 0.25) is 0 Å². The molecule has 2 nitrogen and oxygen atoms in total. The van der Waals surface area contributed by atoms with Gasteiger partial charge in [-0.1, -0.05) is 24.8 Å². The average Bonchev–Trinajstić information content (AvgIpc) is 2.50. The van der Waals surface area contributed by atoms with Crippen LogP contribution in [-0.2, 0) is 0 Å². The summed E-state index contributed by atoms with van der Waals surface area (Å²) in [6, 6.07) is 5.79. The number of rotatable bonds is 1. The van der Waals surface area contributed by atoms with Crippen LogP contribution in [-0.4, -0.2) is 4.98 Å². The quantitative estimate of drug-likeness (QED) is 0.616. The van der Waals surface area contributed by atoms with Gasteiger partial charge in [0, 0.05) is 5.56 Å². The highest BCUT2D eigenvalue weighted by Gasteiger charge is 1.99. The molecule has 1 aromatic heterocycles. The standard InChI is InChI=1S/C9H7NO/c1-2-7-4-3-5-8-9(7)11-6-10-8/h2-6H,1H2. The fraction of sp³-hybridized carbons (Fsp3) is 0. The minimum atomic E-state index is 0.808. The van der Waals surface area contributed by atoms with Crippen molar-refractivity contribution >= 4 is 17.2 Å². The molecule has 0 saturated carbocycles. The Balaban J connectivity index is 2.88. The second-order valence-electron chi connectivity index (χ2n) is 2.25. The molecule has 0 fully saturated rings. The highest BCUT2D eigenvalue weighted by Crippen LogP contribution is 2.17. The summed E-state index contributed by atoms with van der Waals surface area (Å²) in [5.74, 6) is 0. The zero-order valence-corrected chi connectivity index (χ0v) is 5.95. The SMILES string of the molecule is C=Cc1cccc2ncoc12. The summed E-state index contributed by atoms with van der Waals surface area (Å²) >= 11 is 0. The van der Waals surface area contributed by atoms with E-state index in [4.69, 9.17) is 4.42 Å². The lowest BCUT2D eigenvalue weighted by molar-refractivity contribution is 0.601. The molecule has 0 bridgehead atoms. The molecule has 54 valence electrons. The molecule has 2 aromatic rings. The lowest BCUT2D eigenvalue weighted by Crippen LogP contribution is -1.71. The van der Waals surface area contributed by atoms with Gasteiger partial charge in [0.05, 0.1) is 0 Å². The summed E-state index contributed by atoms with van der Waals surface area (Å²) < 4.78 is 5.16. The van der Waals surface area contributed by atoms with Gasteiger partial charge in [-0.3, -0.25) is 0 Å². The third kappa shape index (κ3) is 0.835. The van der Waals surface area contributed by atoms with Crippen molar-refractivity contribution in [1.29, 1.82) is 0 Å². The summed E-state index contributed by atoms with van der Waals surface area (Å²) in [7, 11) is 0. The van der Waals surface area contributed by atoms with Crippen LogP contribution in [0.3, 0.4) is 0 Å². The Hall–Kier alpha value is -1.57. The maximum Gasteiger partial charge on any atom is 0.182 e. The summed E-state index contributed by atoms with van der Waals surface area (Å²) in [5.41, 5.74) is 2.67. The lowest BCUT2D eigenvalue weighted by Gasteiger charge is -1.90. The number of oxazole rings is 1. The van der Waals surface area contributed by atoms with Gasteiger partial charge in [0.15, 0.2) is 12.0 Å². The highest BCUT2D eigenvalue weighted by atomic mass is 16.3. The second kappa shape index (κ2) is 2.23. The fourth-order valence-electron chi connectivity index (χ4n) is 1.07. The Kier molecular flexibility index (Phi) is 1.25. The minimum Gasteiger partial charge on any atom is -0.443 e. The molecule has 0 N–H and O–H groups in total. The van der Waals surface area contributed by atoms with Gasteiger partial charge in [0.25, 0.3) is 0 Å². The van der Waals surface area contributed by atoms with E-state index in [1.54, 1.807) is 6.08 Å². The Morgan fingerprint density at radius 3 is 3.18 bits per heavy atom. The molecule has 0 radical (unpaired) electrons. The molecule has 0 atom stereocenters. The third-order valence-electron chi connectivity index (χ3n) is 1.61. The molecule has 0 aliphatic heterocycles. The van der Waals surface area contributed by atoms with Crippen molar-refractivity contribution < 1.29 is 4.42 Å². The van der Waals surface area contributed by atoms with Gasteiger partial charge in [-0.25, -0.2) is 4.98 Å². The molecule has 2 heteroatoms. The number of aromatic nitrogens is 1. The van der Waals surface area contributed by atoms with Gasteiger partial charge in [-0.05, 0) is 6.07 Å². The molecule has 0 aliphatic rings. The van der Waals surface area contributed by atoms with Crippen LogP contribution in [0.5, 0.6) is 0 Å². The van der Waals surface area contributed by atoms with Gasteiger partial charge < -0.3 is 4.42 Å². The number of hydrogen-bond acceptors (Lipinski definition) is 2. The van der Waals surface area contributed by atoms with E-state index in [9.17, 15) is 0 Å². The third-order valence-corrected chi connectivity index (χ3v) is 1.61. The largest absolute Gasteiger partial charge is 0.443 e. The van der Waals surface area contributed by atoms with E-state index in [-0.39, 0.29) is 0 Å². The Labute approximate surface area is 64.2 Å². The van der Waals surface area contributed by atoms with Crippen LogP contribution in [0.1, 0.15) is 5.56 Å². The molecular weight excluding hydrogens is 138 g/mol. The van der Waals surface area contributed by atoms with Crippen LogP contribution in [0, 0.1) is 0 Å². The predicted octanol–water partition coefficient (Wildman–Crippen LogP) is 2.47. The first-order valence-electron chi connectivity index (χ1n) is 3.36. The first-order valence-corrected chi connectivity index (χ1v) is 3.36. The zero-order valence-electron chi connectivity index (χ0n) is 5.95. The van der Waals surface area contributed by atoms with Gasteiger partial charge >= 0.3 is 0 Å².